The molecule has 0 saturated carbocycles. The van der Waals surface area contributed by atoms with Gasteiger partial charge in [-0.1, -0.05) is 0 Å². The van der Waals surface area contributed by atoms with Crippen LogP contribution in [0.1, 0.15) is 18.5 Å². The van der Waals surface area contributed by atoms with E-state index in [4.69, 9.17) is 4.98 Å². The van der Waals surface area contributed by atoms with Crippen molar-refractivity contribution in [1.29, 1.82) is 0 Å². The minimum atomic E-state index is -0.353. The van der Waals surface area contributed by atoms with Crippen LogP contribution >= 0.6 is 0 Å². The van der Waals surface area contributed by atoms with E-state index in [1.807, 2.05) is 25.3 Å². The number of rotatable bonds is 3. The summed E-state index contributed by atoms with van der Waals surface area (Å²) in [5.41, 5.74) is 3.79. The summed E-state index contributed by atoms with van der Waals surface area (Å²) < 4.78 is 1.36. The van der Waals surface area contributed by atoms with E-state index in [0.717, 1.165) is 59.6 Å². The van der Waals surface area contributed by atoms with Crippen molar-refractivity contribution in [3.05, 3.63) is 40.7 Å². The highest BCUT2D eigenvalue weighted by Gasteiger charge is 2.19. The maximum Gasteiger partial charge on any atom is 0.363 e. The summed E-state index contributed by atoms with van der Waals surface area (Å²) in [7, 11) is 0. The second-order valence-electron chi connectivity index (χ2n) is 6.90. The normalized spacial score (nSPS) is 15.6. The maximum absolute atomic E-state index is 12.1. The van der Waals surface area contributed by atoms with Crippen LogP contribution in [0.3, 0.4) is 0 Å². The second-order valence-corrected chi connectivity index (χ2v) is 6.90. The lowest BCUT2D eigenvalue weighted by Gasteiger charge is -2.24. The highest BCUT2D eigenvalue weighted by molar-refractivity contribution is 5.99. The van der Waals surface area contributed by atoms with Gasteiger partial charge in [-0.25, -0.2) is 14.9 Å². The van der Waals surface area contributed by atoms with Crippen LogP contribution in [0.5, 0.6) is 0 Å². The third-order valence-electron chi connectivity index (χ3n) is 5.12. The van der Waals surface area contributed by atoms with Crippen molar-refractivity contribution in [1.82, 2.24) is 35.1 Å². The predicted molar refractivity (Wildman–Crippen MR) is 103 cm³/mol. The first-order valence-corrected chi connectivity index (χ1v) is 9.09. The Balaban J connectivity index is 1.69. The Labute approximate surface area is 154 Å². The molecule has 9 heteroatoms. The van der Waals surface area contributed by atoms with E-state index in [1.54, 1.807) is 6.20 Å². The van der Waals surface area contributed by atoms with Gasteiger partial charge in [-0.05, 0) is 45.0 Å². The molecule has 4 aromatic rings. The van der Waals surface area contributed by atoms with Crippen molar-refractivity contribution in [2.75, 3.05) is 18.4 Å². The molecule has 0 spiro atoms. The summed E-state index contributed by atoms with van der Waals surface area (Å²) in [6.07, 6.45) is 5.64. The van der Waals surface area contributed by atoms with Gasteiger partial charge in [0.2, 0.25) is 0 Å². The summed E-state index contributed by atoms with van der Waals surface area (Å²) in [6, 6.07) is 4.44. The summed E-state index contributed by atoms with van der Waals surface area (Å²) in [6.45, 7) is 3.92. The Morgan fingerprint density at radius 1 is 1.30 bits per heavy atom. The second kappa shape index (κ2) is 6.20. The maximum atomic E-state index is 12.1. The summed E-state index contributed by atoms with van der Waals surface area (Å²) in [5.74, 6) is 0.823. The van der Waals surface area contributed by atoms with Crippen molar-refractivity contribution < 1.29 is 0 Å². The molecule has 0 bridgehead atoms. The Morgan fingerprint density at radius 3 is 3.00 bits per heavy atom. The van der Waals surface area contributed by atoms with Crippen LogP contribution in [0.25, 0.3) is 27.7 Å². The van der Waals surface area contributed by atoms with Gasteiger partial charge in [-0.15, -0.1) is 0 Å². The Hall–Kier alpha value is -3.20. The smallest absolute Gasteiger partial charge is 0.363 e. The largest absolute Gasteiger partial charge is 0.367 e. The van der Waals surface area contributed by atoms with Gasteiger partial charge < -0.3 is 15.6 Å². The molecule has 0 amide bonds. The molecule has 5 rings (SSSR count). The number of anilines is 1. The number of nitrogens with one attached hydrogen (secondary N) is 4. The lowest BCUT2D eigenvalue weighted by Crippen LogP contribution is -2.35. The predicted octanol–water partition coefficient (Wildman–Crippen LogP) is 1.43. The Morgan fingerprint density at radius 2 is 2.15 bits per heavy atom. The number of H-pyrrole nitrogens is 2. The van der Waals surface area contributed by atoms with Crippen LogP contribution in [0.2, 0.25) is 0 Å². The van der Waals surface area contributed by atoms with Gasteiger partial charge in [0, 0.05) is 28.8 Å². The van der Waals surface area contributed by atoms with E-state index in [9.17, 15) is 4.79 Å². The lowest BCUT2D eigenvalue weighted by atomic mass is 10.0. The van der Waals surface area contributed by atoms with Gasteiger partial charge in [0.15, 0.2) is 0 Å². The molecule has 0 aromatic carbocycles. The number of hydrogen-bond donors (Lipinski definition) is 4. The molecule has 138 valence electrons. The van der Waals surface area contributed by atoms with E-state index in [0.29, 0.717) is 11.6 Å². The molecule has 27 heavy (non-hydrogen) atoms. The van der Waals surface area contributed by atoms with Crippen LogP contribution in [0, 0.1) is 6.92 Å². The zero-order valence-corrected chi connectivity index (χ0v) is 14.9. The molecule has 4 N–H and O–H groups in total. The van der Waals surface area contributed by atoms with Crippen LogP contribution in [-0.4, -0.2) is 48.9 Å². The SMILES string of the molecule is Cc1nn2c(=O)[nH]ncc2c1-c1cc(NC2CCNCC2)nc2[nH]ccc12. The summed E-state index contributed by atoms with van der Waals surface area (Å²) in [4.78, 5) is 20.0. The number of hydrogen-bond acceptors (Lipinski definition) is 6. The third-order valence-corrected chi connectivity index (χ3v) is 5.12. The van der Waals surface area contributed by atoms with E-state index in [1.165, 1.54) is 4.52 Å². The van der Waals surface area contributed by atoms with Crippen LogP contribution in [-0.2, 0) is 0 Å². The fourth-order valence-electron chi connectivity index (χ4n) is 3.84. The van der Waals surface area contributed by atoms with Crippen LogP contribution in [0.15, 0.2) is 29.3 Å². The number of fused-ring (bicyclic) bond motifs is 2. The molecule has 0 radical (unpaired) electrons. The molecule has 1 aliphatic rings. The van der Waals surface area contributed by atoms with Gasteiger partial charge >= 0.3 is 5.69 Å². The third kappa shape index (κ3) is 2.67. The number of aromatic nitrogens is 6. The van der Waals surface area contributed by atoms with Crippen molar-refractivity contribution in [2.45, 2.75) is 25.8 Å². The zero-order valence-electron chi connectivity index (χ0n) is 14.9. The number of piperidine rings is 1. The minimum absolute atomic E-state index is 0.353. The van der Waals surface area contributed by atoms with Gasteiger partial charge in [0.1, 0.15) is 17.0 Å². The lowest BCUT2D eigenvalue weighted by molar-refractivity contribution is 0.478. The molecule has 9 nitrogen and oxygen atoms in total. The number of nitrogens with zero attached hydrogens (tertiary/aromatic N) is 4. The average molecular weight is 364 g/mol. The van der Waals surface area contributed by atoms with Crippen LogP contribution in [0.4, 0.5) is 5.82 Å². The number of pyridine rings is 1. The molecular weight excluding hydrogens is 344 g/mol. The van der Waals surface area contributed by atoms with Crippen molar-refractivity contribution in [2.24, 2.45) is 0 Å². The van der Waals surface area contributed by atoms with Crippen molar-refractivity contribution in [3.63, 3.8) is 0 Å². The first-order chi connectivity index (χ1) is 13.2. The van der Waals surface area contributed by atoms with Gasteiger partial charge in [-0.2, -0.15) is 14.7 Å². The Kier molecular flexibility index (Phi) is 3.68. The molecular formula is C18H20N8O. The molecule has 4 aromatic heterocycles. The molecule has 1 fully saturated rings. The van der Waals surface area contributed by atoms with Crippen molar-refractivity contribution >= 4 is 22.4 Å². The van der Waals surface area contributed by atoms with Crippen molar-refractivity contribution in [3.8, 4) is 11.1 Å². The van der Waals surface area contributed by atoms with Gasteiger partial charge in [-0.3, -0.25) is 0 Å². The number of aryl methyl sites for hydroxylation is 1. The summed E-state index contributed by atoms with van der Waals surface area (Å²) in [5, 5.41) is 18.7. The molecule has 1 aliphatic heterocycles. The fourth-order valence-corrected chi connectivity index (χ4v) is 3.84. The quantitative estimate of drug-likeness (QED) is 0.437. The fraction of sp³-hybridized carbons (Fsp3) is 0.333. The molecule has 0 aliphatic carbocycles. The highest BCUT2D eigenvalue weighted by Crippen LogP contribution is 2.34. The van der Waals surface area contributed by atoms with Gasteiger partial charge in [0.25, 0.3) is 0 Å². The monoisotopic (exact) mass is 364 g/mol. The molecule has 0 unspecified atom stereocenters. The first kappa shape index (κ1) is 16.0. The number of aromatic amines is 2. The van der Waals surface area contributed by atoms with E-state index >= 15 is 0 Å². The summed E-state index contributed by atoms with van der Waals surface area (Å²) >= 11 is 0. The highest BCUT2D eigenvalue weighted by atomic mass is 16.1. The minimum Gasteiger partial charge on any atom is -0.367 e. The van der Waals surface area contributed by atoms with Gasteiger partial charge in [0.05, 0.1) is 11.9 Å². The standard InChI is InChI=1S/C18H20N8O/c1-10-16(14-9-21-24-18(27)26(14)25-10)13-8-15(22-11-2-5-19-6-3-11)23-17-12(13)4-7-20-17/h4,7-9,11,19H,2-3,5-6H2,1H3,(H,24,27)(H2,20,22,23). The van der Waals surface area contributed by atoms with E-state index in [2.05, 4.69) is 30.9 Å². The first-order valence-electron chi connectivity index (χ1n) is 9.09. The average Bonchev–Trinajstić information content (AvgIpc) is 3.27. The molecule has 1 saturated heterocycles. The van der Waals surface area contributed by atoms with Crippen LogP contribution < -0.4 is 16.3 Å². The van der Waals surface area contributed by atoms with E-state index < -0.39 is 0 Å². The molecule has 0 atom stereocenters. The zero-order chi connectivity index (χ0) is 18.4. The van der Waals surface area contributed by atoms with E-state index in [-0.39, 0.29) is 5.69 Å². The topological polar surface area (TPSA) is 116 Å². The molecule has 5 heterocycles. The Bertz CT molecular complexity index is 1180.